The molecule has 0 spiro atoms. The molecule has 0 saturated carbocycles. The zero-order valence-electron chi connectivity index (χ0n) is 18.1. The predicted octanol–water partition coefficient (Wildman–Crippen LogP) is 3.93. The standard InChI is InChI=1S/C24H32N2O3/c1-6-21(24(28)25-7-2)26(15-20-11-9-8-10-12-20)23(27)16-29-22-14-17(3)13-18(4)19(22)5/h8-14,21H,6-7,15-16H2,1-5H3,(H,25,28)/t21-/m0/s1. The first-order valence-corrected chi connectivity index (χ1v) is 10.2. The molecule has 1 N–H and O–H groups in total. The maximum absolute atomic E-state index is 13.1. The average molecular weight is 397 g/mol. The van der Waals surface area contributed by atoms with Gasteiger partial charge < -0.3 is 15.0 Å². The number of benzene rings is 2. The highest BCUT2D eigenvalue weighted by Crippen LogP contribution is 2.23. The number of nitrogens with one attached hydrogen (secondary N) is 1. The summed E-state index contributed by atoms with van der Waals surface area (Å²) in [6, 6.07) is 13.2. The molecule has 29 heavy (non-hydrogen) atoms. The Bertz CT molecular complexity index is 834. The lowest BCUT2D eigenvalue weighted by molar-refractivity contribution is -0.142. The van der Waals surface area contributed by atoms with Crippen LogP contribution in [0.5, 0.6) is 5.75 Å². The third-order valence-electron chi connectivity index (χ3n) is 5.05. The van der Waals surface area contributed by atoms with Gasteiger partial charge in [0.05, 0.1) is 0 Å². The Morgan fingerprint density at radius 3 is 2.38 bits per heavy atom. The molecular formula is C24H32N2O3. The van der Waals surface area contributed by atoms with Crippen LogP contribution in [0, 0.1) is 20.8 Å². The van der Waals surface area contributed by atoms with Gasteiger partial charge in [0.2, 0.25) is 5.91 Å². The first-order chi connectivity index (χ1) is 13.9. The number of amides is 2. The van der Waals surface area contributed by atoms with Gasteiger partial charge in [0.1, 0.15) is 11.8 Å². The SMILES string of the molecule is CCNC(=O)[C@H](CC)N(Cc1ccccc1)C(=O)COc1cc(C)cc(C)c1C. The van der Waals surface area contributed by atoms with Crippen molar-refractivity contribution in [3.05, 3.63) is 64.7 Å². The molecule has 0 aromatic heterocycles. The summed E-state index contributed by atoms with van der Waals surface area (Å²) >= 11 is 0. The largest absolute Gasteiger partial charge is 0.483 e. The number of rotatable bonds is 9. The Kier molecular flexibility index (Phi) is 8.25. The molecule has 0 aliphatic carbocycles. The fourth-order valence-electron chi connectivity index (χ4n) is 3.36. The van der Waals surface area contributed by atoms with E-state index in [0.717, 1.165) is 22.3 Å². The maximum atomic E-state index is 13.1. The Labute approximate surface area is 174 Å². The first kappa shape index (κ1) is 22.5. The molecule has 0 heterocycles. The summed E-state index contributed by atoms with van der Waals surface area (Å²) in [7, 11) is 0. The van der Waals surface area contributed by atoms with Gasteiger partial charge in [-0.1, -0.05) is 43.3 Å². The van der Waals surface area contributed by atoms with Gasteiger partial charge in [-0.15, -0.1) is 0 Å². The summed E-state index contributed by atoms with van der Waals surface area (Å²) in [5.74, 6) is 0.369. The summed E-state index contributed by atoms with van der Waals surface area (Å²) in [5, 5.41) is 2.84. The summed E-state index contributed by atoms with van der Waals surface area (Å²) in [5.41, 5.74) is 4.22. The molecule has 0 saturated heterocycles. The van der Waals surface area contributed by atoms with Crippen LogP contribution in [0.25, 0.3) is 0 Å². The molecule has 1 atom stereocenters. The monoisotopic (exact) mass is 396 g/mol. The molecule has 2 amide bonds. The van der Waals surface area contributed by atoms with E-state index < -0.39 is 6.04 Å². The van der Waals surface area contributed by atoms with Crippen molar-refractivity contribution in [2.75, 3.05) is 13.2 Å². The third kappa shape index (κ3) is 6.08. The number of hydrogen-bond donors (Lipinski definition) is 1. The molecule has 0 radical (unpaired) electrons. The van der Waals surface area contributed by atoms with Crippen LogP contribution >= 0.6 is 0 Å². The second-order valence-electron chi connectivity index (χ2n) is 7.32. The number of ether oxygens (including phenoxy) is 1. The summed E-state index contributed by atoms with van der Waals surface area (Å²) in [6.07, 6.45) is 0.535. The molecule has 0 bridgehead atoms. The predicted molar refractivity (Wildman–Crippen MR) is 116 cm³/mol. The van der Waals surface area contributed by atoms with Crippen LogP contribution in [0.1, 0.15) is 42.5 Å². The van der Waals surface area contributed by atoms with Crippen LogP contribution in [-0.4, -0.2) is 35.9 Å². The molecule has 0 aliphatic rings. The zero-order valence-corrected chi connectivity index (χ0v) is 18.1. The lowest BCUT2D eigenvalue weighted by Crippen LogP contribution is -2.50. The lowest BCUT2D eigenvalue weighted by Gasteiger charge is -2.30. The molecule has 156 valence electrons. The molecule has 5 nitrogen and oxygen atoms in total. The molecular weight excluding hydrogens is 364 g/mol. The number of nitrogens with zero attached hydrogens (tertiary/aromatic N) is 1. The maximum Gasteiger partial charge on any atom is 0.261 e. The van der Waals surface area contributed by atoms with Gasteiger partial charge in [-0.3, -0.25) is 9.59 Å². The van der Waals surface area contributed by atoms with Crippen molar-refractivity contribution in [3.8, 4) is 5.75 Å². The van der Waals surface area contributed by atoms with Crippen LogP contribution in [0.2, 0.25) is 0 Å². The van der Waals surface area contributed by atoms with Crippen LogP contribution in [-0.2, 0) is 16.1 Å². The van der Waals surface area contributed by atoms with Crippen molar-refractivity contribution < 1.29 is 14.3 Å². The van der Waals surface area contributed by atoms with Gasteiger partial charge in [0, 0.05) is 13.1 Å². The second-order valence-corrected chi connectivity index (χ2v) is 7.32. The zero-order chi connectivity index (χ0) is 21.4. The third-order valence-corrected chi connectivity index (χ3v) is 5.05. The van der Waals surface area contributed by atoms with Crippen molar-refractivity contribution in [2.24, 2.45) is 0 Å². The number of likely N-dealkylation sites (N-methyl/N-ethyl adjacent to an activating group) is 1. The van der Waals surface area contributed by atoms with Crippen molar-refractivity contribution >= 4 is 11.8 Å². The molecule has 0 fully saturated rings. The lowest BCUT2D eigenvalue weighted by atomic mass is 10.1. The number of aryl methyl sites for hydroxylation is 2. The van der Waals surface area contributed by atoms with E-state index in [1.165, 1.54) is 0 Å². The van der Waals surface area contributed by atoms with Crippen molar-refractivity contribution in [1.29, 1.82) is 0 Å². The van der Waals surface area contributed by atoms with Crippen LogP contribution in [0.4, 0.5) is 0 Å². The smallest absolute Gasteiger partial charge is 0.261 e. The van der Waals surface area contributed by atoms with Gasteiger partial charge in [-0.05, 0) is 62.4 Å². The van der Waals surface area contributed by atoms with Gasteiger partial charge in [-0.2, -0.15) is 0 Å². The fraction of sp³-hybridized carbons (Fsp3) is 0.417. The Morgan fingerprint density at radius 1 is 1.07 bits per heavy atom. The molecule has 5 heteroatoms. The van der Waals surface area contributed by atoms with Crippen molar-refractivity contribution in [2.45, 2.75) is 53.6 Å². The number of carbonyl (C=O) groups is 2. The Morgan fingerprint density at radius 2 is 1.76 bits per heavy atom. The molecule has 2 aromatic rings. The van der Waals surface area contributed by atoms with Crippen molar-refractivity contribution in [1.82, 2.24) is 10.2 Å². The van der Waals surface area contributed by atoms with E-state index in [0.29, 0.717) is 25.3 Å². The highest BCUT2D eigenvalue weighted by Gasteiger charge is 2.28. The second kappa shape index (κ2) is 10.6. The van der Waals surface area contributed by atoms with Gasteiger partial charge in [0.15, 0.2) is 6.61 Å². The van der Waals surface area contributed by atoms with Crippen LogP contribution in [0.3, 0.4) is 0 Å². The first-order valence-electron chi connectivity index (χ1n) is 10.2. The van der Waals surface area contributed by atoms with Gasteiger partial charge >= 0.3 is 0 Å². The van der Waals surface area contributed by atoms with E-state index in [4.69, 9.17) is 4.74 Å². The molecule has 0 aliphatic heterocycles. The Balaban J connectivity index is 2.22. The number of hydrogen-bond acceptors (Lipinski definition) is 3. The summed E-state index contributed by atoms with van der Waals surface area (Å²) in [6.45, 7) is 10.6. The van der Waals surface area contributed by atoms with Gasteiger partial charge in [0.25, 0.3) is 5.91 Å². The average Bonchev–Trinajstić information content (AvgIpc) is 2.70. The topological polar surface area (TPSA) is 58.6 Å². The summed E-state index contributed by atoms with van der Waals surface area (Å²) in [4.78, 5) is 27.3. The van der Waals surface area contributed by atoms with E-state index in [-0.39, 0.29) is 18.4 Å². The van der Waals surface area contributed by atoms with E-state index >= 15 is 0 Å². The van der Waals surface area contributed by atoms with Gasteiger partial charge in [-0.25, -0.2) is 0 Å². The minimum atomic E-state index is -0.536. The highest BCUT2D eigenvalue weighted by atomic mass is 16.5. The van der Waals surface area contributed by atoms with E-state index in [1.807, 2.05) is 71.0 Å². The van der Waals surface area contributed by atoms with Crippen LogP contribution in [0.15, 0.2) is 42.5 Å². The van der Waals surface area contributed by atoms with E-state index in [1.54, 1.807) is 4.90 Å². The molecule has 2 aromatic carbocycles. The van der Waals surface area contributed by atoms with E-state index in [2.05, 4.69) is 11.4 Å². The van der Waals surface area contributed by atoms with Crippen LogP contribution < -0.4 is 10.1 Å². The van der Waals surface area contributed by atoms with E-state index in [9.17, 15) is 9.59 Å². The minimum absolute atomic E-state index is 0.105. The fourth-order valence-corrected chi connectivity index (χ4v) is 3.36. The quantitative estimate of drug-likeness (QED) is 0.699. The Hall–Kier alpha value is -2.82. The highest BCUT2D eigenvalue weighted by molar-refractivity contribution is 5.88. The van der Waals surface area contributed by atoms with Crippen molar-refractivity contribution in [3.63, 3.8) is 0 Å². The molecule has 0 unspecified atom stereocenters. The molecule has 2 rings (SSSR count). The number of carbonyl (C=O) groups excluding carboxylic acids is 2. The normalized spacial score (nSPS) is 11.6. The summed E-state index contributed by atoms with van der Waals surface area (Å²) < 4.78 is 5.89. The minimum Gasteiger partial charge on any atom is -0.483 e.